The van der Waals surface area contributed by atoms with Crippen LogP contribution in [0.4, 0.5) is 5.69 Å². The minimum Gasteiger partial charge on any atom is -0.481 e. The molecule has 0 fully saturated rings. The Morgan fingerprint density at radius 1 is 1.11 bits per heavy atom. The van der Waals surface area contributed by atoms with E-state index in [4.69, 9.17) is 39.9 Å². The van der Waals surface area contributed by atoms with Crippen LogP contribution in [0, 0.1) is 0 Å². The zero-order valence-electron chi connectivity index (χ0n) is 13.8. The molecule has 1 aromatic heterocycles. The fourth-order valence-electron chi connectivity index (χ4n) is 2.50. The molecule has 3 rings (SSSR count). The highest BCUT2D eigenvalue weighted by molar-refractivity contribution is 7.18. The van der Waals surface area contributed by atoms with E-state index >= 15 is 0 Å². The first-order valence-electron chi connectivity index (χ1n) is 7.86. The van der Waals surface area contributed by atoms with Crippen LogP contribution in [0.3, 0.4) is 0 Å². The van der Waals surface area contributed by atoms with Gasteiger partial charge in [-0.25, -0.2) is 4.98 Å². The monoisotopic (exact) mass is 442 g/mol. The molecule has 0 saturated carbocycles. The van der Waals surface area contributed by atoms with E-state index in [-0.39, 0.29) is 25.3 Å². The number of carboxylic acid groups (broad SMARTS) is 1. The average molecular weight is 444 g/mol. The number of carboxylic acids is 1. The van der Waals surface area contributed by atoms with Crippen LogP contribution in [0.5, 0.6) is 0 Å². The van der Waals surface area contributed by atoms with E-state index in [0.29, 0.717) is 31.3 Å². The van der Waals surface area contributed by atoms with E-state index < -0.39 is 5.97 Å². The summed E-state index contributed by atoms with van der Waals surface area (Å²) >= 11 is 19.7. The molecule has 3 aromatic rings. The number of carbonyl (C=O) groups excluding carboxylic acids is 1. The van der Waals surface area contributed by atoms with Gasteiger partial charge in [-0.1, -0.05) is 40.9 Å². The second kappa shape index (κ2) is 8.44. The minimum atomic E-state index is -1.03. The van der Waals surface area contributed by atoms with Crippen molar-refractivity contribution in [2.75, 3.05) is 4.90 Å². The third-order valence-corrected chi connectivity index (χ3v) is 5.80. The zero-order valence-corrected chi connectivity index (χ0v) is 16.9. The number of benzene rings is 2. The van der Waals surface area contributed by atoms with E-state index in [9.17, 15) is 9.59 Å². The molecule has 5 nitrogen and oxygen atoms in total. The SMILES string of the molecule is O=C(O)CCC(=O)N(Cc1nc2c(Cl)c(Cl)ccc2s1)c1cccc(Cl)c1. The van der Waals surface area contributed by atoms with Gasteiger partial charge in [-0.15, -0.1) is 11.3 Å². The van der Waals surface area contributed by atoms with Crippen LogP contribution in [0.2, 0.25) is 15.1 Å². The summed E-state index contributed by atoms with van der Waals surface area (Å²) in [6.07, 6.45) is -0.378. The highest BCUT2D eigenvalue weighted by Gasteiger charge is 2.20. The summed E-state index contributed by atoms with van der Waals surface area (Å²) in [5.41, 5.74) is 1.15. The van der Waals surface area contributed by atoms with Crippen LogP contribution in [-0.2, 0) is 16.1 Å². The van der Waals surface area contributed by atoms with Gasteiger partial charge < -0.3 is 10.0 Å². The molecule has 0 aliphatic heterocycles. The number of anilines is 1. The first-order chi connectivity index (χ1) is 12.8. The summed E-state index contributed by atoms with van der Waals surface area (Å²) in [4.78, 5) is 29.5. The topological polar surface area (TPSA) is 70.5 Å². The first kappa shape index (κ1) is 19.9. The van der Waals surface area contributed by atoms with Gasteiger partial charge in [-0.3, -0.25) is 9.59 Å². The number of fused-ring (bicyclic) bond motifs is 1. The van der Waals surface area contributed by atoms with E-state index in [2.05, 4.69) is 4.98 Å². The Morgan fingerprint density at radius 3 is 2.59 bits per heavy atom. The number of hydrogen-bond donors (Lipinski definition) is 1. The number of aromatic nitrogens is 1. The molecule has 0 saturated heterocycles. The van der Waals surface area contributed by atoms with Gasteiger partial charge in [0, 0.05) is 17.1 Å². The number of halogens is 3. The summed E-state index contributed by atoms with van der Waals surface area (Å²) in [5.74, 6) is -1.36. The summed E-state index contributed by atoms with van der Waals surface area (Å²) in [6.45, 7) is 0.173. The molecule has 0 spiro atoms. The molecule has 140 valence electrons. The highest BCUT2D eigenvalue weighted by Crippen LogP contribution is 2.34. The number of hydrogen-bond acceptors (Lipinski definition) is 4. The van der Waals surface area contributed by atoms with Crippen molar-refractivity contribution in [2.24, 2.45) is 0 Å². The van der Waals surface area contributed by atoms with Gasteiger partial charge in [-0.05, 0) is 30.3 Å². The molecular formula is C18H13Cl3N2O3S. The quantitative estimate of drug-likeness (QED) is 0.534. The van der Waals surface area contributed by atoms with E-state index in [1.807, 2.05) is 6.07 Å². The second-order valence-corrected chi connectivity index (χ2v) is 8.01. The summed E-state index contributed by atoms with van der Waals surface area (Å²) in [5, 5.41) is 10.8. The van der Waals surface area contributed by atoms with Gasteiger partial charge in [0.25, 0.3) is 0 Å². The third kappa shape index (κ3) is 4.71. The lowest BCUT2D eigenvalue weighted by atomic mass is 10.2. The van der Waals surface area contributed by atoms with Crippen LogP contribution >= 0.6 is 46.1 Å². The van der Waals surface area contributed by atoms with E-state index in [1.165, 1.54) is 16.2 Å². The van der Waals surface area contributed by atoms with Gasteiger partial charge >= 0.3 is 5.97 Å². The molecule has 0 radical (unpaired) electrons. The van der Waals surface area contributed by atoms with Gasteiger partial charge in [0.05, 0.1) is 27.7 Å². The maximum atomic E-state index is 12.6. The second-order valence-electron chi connectivity index (χ2n) is 5.67. The number of thiazole rings is 1. The van der Waals surface area contributed by atoms with E-state index in [0.717, 1.165) is 4.70 Å². The standard InChI is InChI=1S/C18H13Cl3N2O3S/c19-10-2-1-3-11(8-10)23(15(24)6-7-16(25)26)9-14-22-18-13(27-14)5-4-12(20)17(18)21/h1-5,8H,6-7,9H2,(H,25,26). The lowest BCUT2D eigenvalue weighted by Gasteiger charge is -2.22. The summed E-state index contributed by atoms with van der Waals surface area (Å²) in [6, 6.07) is 10.3. The Kier molecular flexibility index (Phi) is 6.22. The van der Waals surface area contributed by atoms with Gasteiger partial charge in [0.2, 0.25) is 5.91 Å². The Hall–Kier alpha value is -1.86. The Labute approximate surface area is 174 Å². The predicted octanol–water partition coefficient (Wildman–Crippen LogP) is 5.65. The molecule has 0 atom stereocenters. The molecule has 0 aliphatic rings. The molecule has 9 heteroatoms. The summed E-state index contributed by atoms with van der Waals surface area (Å²) < 4.78 is 0.850. The van der Waals surface area contributed by atoms with Crippen molar-refractivity contribution in [1.29, 1.82) is 0 Å². The molecule has 0 unspecified atom stereocenters. The van der Waals surface area contributed by atoms with Crippen molar-refractivity contribution >= 4 is 73.9 Å². The first-order valence-corrected chi connectivity index (χ1v) is 9.81. The normalized spacial score (nSPS) is 10.9. The third-order valence-electron chi connectivity index (χ3n) is 3.76. The highest BCUT2D eigenvalue weighted by atomic mass is 35.5. The van der Waals surface area contributed by atoms with Crippen molar-refractivity contribution in [3.63, 3.8) is 0 Å². The molecule has 1 heterocycles. The molecule has 1 amide bonds. The minimum absolute atomic E-state index is 0.126. The number of carbonyl (C=O) groups is 2. The lowest BCUT2D eigenvalue weighted by molar-refractivity contribution is -0.138. The number of nitrogens with zero attached hydrogens (tertiary/aromatic N) is 2. The fourth-order valence-corrected chi connectivity index (χ4v) is 4.07. The molecule has 2 aromatic carbocycles. The van der Waals surface area contributed by atoms with Gasteiger partial charge in [0.15, 0.2) is 0 Å². The van der Waals surface area contributed by atoms with Crippen molar-refractivity contribution in [3.8, 4) is 0 Å². The van der Waals surface area contributed by atoms with Crippen molar-refractivity contribution in [1.82, 2.24) is 4.98 Å². The average Bonchev–Trinajstić information content (AvgIpc) is 3.04. The van der Waals surface area contributed by atoms with Gasteiger partial charge in [-0.2, -0.15) is 0 Å². The number of aliphatic carboxylic acids is 1. The van der Waals surface area contributed by atoms with Gasteiger partial charge in [0.1, 0.15) is 10.5 Å². The largest absolute Gasteiger partial charge is 0.481 e. The Morgan fingerprint density at radius 2 is 1.89 bits per heavy atom. The molecular weight excluding hydrogens is 431 g/mol. The summed E-state index contributed by atoms with van der Waals surface area (Å²) in [7, 11) is 0. The maximum Gasteiger partial charge on any atom is 0.303 e. The molecule has 0 aliphatic carbocycles. The van der Waals surface area contributed by atoms with Crippen LogP contribution in [-0.4, -0.2) is 22.0 Å². The lowest BCUT2D eigenvalue weighted by Crippen LogP contribution is -2.30. The van der Waals surface area contributed by atoms with Crippen LogP contribution in [0.1, 0.15) is 17.8 Å². The molecule has 0 bridgehead atoms. The fraction of sp³-hybridized carbons (Fsp3) is 0.167. The van der Waals surface area contributed by atoms with Crippen LogP contribution < -0.4 is 4.90 Å². The number of amides is 1. The predicted molar refractivity (Wildman–Crippen MR) is 109 cm³/mol. The molecule has 1 N–H and O–H groups in total. The number of rotatable bonds is 6. The van der Waals surface area contributed by atoms with Crippen LogP contribution in [0.25, 0.3) is 10.2 Å². The smallest absolute Gasteiger partial charge is 0.303 e. The zero-order chi connectivity index (χ0) is 19.6. The Balaban J connectivity index is 1.94. The van der Waals surface area contributed by atoms with E-state index in [1.54, 1.807) is 30.3 Å². The molecule has 27 heavy (non-hydrogen) atoms. The van der Waals surface area contributed by atoms with Crippen molar-refractivity contribution < 1.29 is 14.7 Å². The Bertz CT molecular complexity index is 1020. The van der Waals surface area contributed by atoms with Crippen LogP contribution in [0.15, 0.2) is 36.4 Å². The van der Waals surface area contributed by atoms with Crippen molar-refractivity contribution in [3.05, 3.63) is 56.5 Å². The maximum absolute atomic E-state index is 12.6. The van der Waals surface area contributed by atoms with Crippen molar-refractivity contribution in [2.45, 2.75) is 19.4 Å².